The van der Waals surface area contributed by atoms with Gasteiger partial charge in [-0.2, -0.15) is 5.10 Å². The second-order valence-corrected chi connectivity index (χ2v) is 4.89. The minimum absolute atomic E-state index is 0.635. The molecule has 0 saturated carbocycles. The molecule has 0 aliphatic carbocycles. The van der Waals surface area contributed by atoms with E-state index in [-0.39, 0.29) is 0 Å². The molecule has 0 heterocycles. The molecule has 2 rings (SSSR count). The summed E-state index contributed by atoms with van der Waals surface area (Å²) in [5.74, 6) is 0.871. The van der Waals surface area contributed by atoms with Crippen molar-refractivity contribution < 1.29 is 4.74 Å². The van der Waals surface area contributed by atoms with Crippen LogP contribution in [0, 0.1) is 0 Å². The smallest absolute Gasteiger partial charge is 0.123 e. The molecule has 2 aromatic carbocycles. The van der Waals surface area contributed by atoms with Crippen LogP contribution in [0.2, 0.25) is 0 Å². The van der Waals surface area contributed by atoms with E-state index < -0.39 is 0 Å². The van der Waals surface area contributed by atoms with Crippen molar-refractivity contribution in [1.29, 1.82) is 0 Å². The molecule has 0 aliphatic heterocycles. The van der Waals surface area contributed by atoms with Crippen molar-refractivity contribution in [2.75, 3.05) is 26.1 Å². The molecule has 0 bridgehead atoms. The maximum atomic E-state index is 5.30. The van der Waals surface area contributed by atoms with E-state index >= 15 is 0 Å². The lowest BCUT2D eigenvalue weighted by Crippen LogP contribution is -2.08. The molecule has 0 radical (unpaired) electrons. The minimum atomic E-state index is 0.635. The second kappa shape index (κ2) is 7.33. The third kappa shape index (κ3) is 4.24. The van der Waals surface area contributed by atoms with Crippen molar-refractivity contribution in [2.24, 2.45) is 5.10 Å². The Balaban J connectivity index is 1.90. The highest BCUT2D eigenvalue weighted by atomic mass is 16.5. The lowest BCUT2D eigenvalue weighted by molar-refractivity contribution is 0.408. The van der Waals surface area contributed by atoms with Crippen LogP contribution >= 0.6 is 0 Å². The Morgan fingerprint density at radius 1 is 1.10 bits per heavy atom. The van der Waals surface area contributed by atoms with Gasteiger partial charge < -0.3 is 15.1 Å². The van der Waals surface area contributed by atoms with Gasteiger partial charge in [-0.15, -0.1) is 0 Å². The molecule has 0 aliphatic rings. The molecular weight excluding hydrogens is 262 g/mol. The Labute approximate surface area is 126 Å². The van der Waals surface area contributed by atoms with E-state index in [2.05, 4.69) is 27.6 Å². The summed E-state index contributed by atoms with van der Waals surface area (Å²) in [5, 5.41) is 4.24. The molecule has 0 amide bonds. The summed E-state index contributed by atoms with van der Waals surface area (Å²) in [4.78, 5) is 2.07. The van der Waals surface area contributed by atoms with Crippen molar-refractivity contribution in [1.82, 2.24) is 5.43 Å². The number of benzene rings is 2. The normalized spacial score (nSPS) is 10.6. The highest BCUT2D eigenvalue weighted by Gasteiger charge is 1.99. The van der Waals surface area contributed by atoms with Crippen LogP contribution in [-0.2, 0) is 6.54 Å². The number of para-hydroxylation sites is 1. The number of anilines is 1. The minimum Gasteiger partial charge on any atom is -0.496 e. The summed E-state index contributed by atoms with van der Waals surface area (Å²) >= 11 is 0. The van der Waals surface area contributed by atoms with E-state index in [1.54, 1.807) is 7.11 Å². The molecule has 21 heavy (non-hydrogen) atoms. The predicted molar refractivity (Wildman–Crippen MR) is 88.2 cm³/mol. The van der Waals surface area contributed by atoms with Gasteiger partial charge in [-0.3, -0.25) is 0 Å². The van der Waals surface area contributed by atoms with Gasteiger partial charge in [0.05, 0.1) is 19.9 Å². The van der Waals surface area contributed by atoms with Crippen molar-refractivity contribution in [3.8, 4) is 5.75 Å². The van der Waals surface area contributed by atoms with Gasteiger partial charge in [0.15, 0.2) is 0 Å². The van der Waals surface area contributed by atoms with Gasteiger partial charge in [-0.25, -0.2) is 0 Å². The monoisotopic (exact) mass is 283 g/mol. The molecule has 110 valence electrons. The summed E-state index contributed by atoms with van der Waals surface area (Å²) in [6.07, 6.45) is 1.81. The first-order valence-electron chi connectivity index (χ1n) is 6.86. The van der Waals surface area contributed by atoms with Crippen molar-refractivity contribution >= 4 is 11.9 Å². The standard InChI is InChI=1S/C17H21N3O/c1-20(2)16-10-8-14(9-11-16)12-18-19-13-15-6-4-5-7-17(15)21-3/h4-12,19H,13H2,1-3H3/b18-12-. The highest BCUT2D eigenvalue weighted by Crippen LogP contribution is 2.16. The fraction of sp³-hybridized carbons (Fsp3) is 0.235. The van der Waals surface area contributed by atoms with Crippen LogP contribution in [-0.4, -0.2) is 27.4 Å². The fourth-order valence-electron chi connectivity index (χ4n) is 1.96. The van der Waals surface area contributed by atoms with Gasteiger partial charge in [0.1, 0.15) is 5.75 Å². The van der Waals surface area contributed by atoms with Crippen molar-refractivity contribution in [2.45, 2.75) is 6.54 Å². The van der Waals surface area contributed by atoms with Crippen LogP contribution in [0.4, 0.5) is 5.69 Å². The number of hydrazone groups is 1. The summed E-state index contributed by atoms with van der Waals surface area (Å²) in [6, 6.07) is 16.1. The Morgan fingerprint density at radius 2 is 1.81 bits per heavy atom. The lowest BCUT2D eigenvalue weighted by Gasteiger charge is -2.11. The zero-order chi connectivity index (χ0) is 15.1. The first-order chi connectivity index (χ1) is 10.2. The molecular formula is C17H21N3O. The maximum Gasteiger partial charge on any atom is 0.123 e. The first kappa shape index (κ1) is 14.9. The molecule has 0 aromatic heterocycles. The number of methoxy groups -OCH3 is 1. The molecule has 4 nitrogen and oxygen atoms in total. The van der Waals surface area contributed by atoms with E-state index in [1.807, 2.05) is 56.7 Å². The zero-order valence-electron chi connectivity index (χ0n) is 12.7. The second-order valence-electron chi connectivity index (χ2n) is 4.89. The maximum absolute atomic E-state index is 5.30. The van der Waals surface area contributed by atoms with Crippen molar-refractivity contribution in [3.05, 3.63) is 59.7 Å². The first-order valence-corrected chi connectivity index (χ1v) is 6.86. The van der Waals surface area contributed by atoms with Crippen LogP contribution in [0.1, 0.15) is 11.1 Å². The van der Waals surface area contributed by atoms with E-state index in [0.29, 0.717) is 6.54 Å². The highest BCUT2D eigenvalue weighted by molar-refractivity contribution is 5.80. The average Bonchev–Trinajstić information content (AvgIpc) is 2.52. The molecule has 0 unspecified atom stereocenters. The molecule has 0 saturated heterocycles. The fourth-order valence-corrected chi connectivity index (χ4v) is 1.96. The Kier molecular flexibility index (Phi) is 5.21. The van der Waals surface area contributed by atoms with Gasteiger partial charge in [0.2, 0.25) is 0 Å². The van der Waals surface area contributed by atoms with E-state index in [9.17, 15) is 0 Å². The summed E-state index contributed by atoms with van der Waals surface area (Å²) in [5.41, 5.74) is 6.36. The Morgan fingerprint density at radius 3 is 2.48 bits per heavy atom. The van der Waals surface area contributed by atoms with Gasteiger partial charge in [-0.1, -0.05) is 30.3 Å². The predicted octanol–water partition coefficient (Wildman–Crippen LogP) is 2.88. The molecule has 4 heteroatoms. The van der Waals surface area contributed by atoms with Crippen LogP contribution < -0.4 is 15.1 Å². The molecule has 0 atom stereocenters. The number of nitrogens with zero attached hydrogens (tertiary/aromatic N) is 2. The zero-order valence-corrected chi connectivity index (χ0v) is 12.7. The average molecular weight is 283 g/mol. The molecule has 0 spiro atoms. The number of nitrogens with one attached hydrogen (secondary N) is 1. The summed E-state index contributed by atoms with van der Waals surface area (Å²) in [7, 11) is 5.73. The molecule has 2 aromatic rings. The summed E-state index contributed by atoms with van der Waals surface area (Å²) in [6.45, 7) is 0.635. The number of hydrogen-bond acceptors (Lipinski definition) is 4. The van der Waals surface area contributed by atoms with Gasteiger partial charge in [0.25, 0.3) is 0 Å². The van der Waals surface area contributed by atoms with Crippen LogP contribution in [0.15, 0.2) is 53.6 Å². The number of hydrogen-bond donors (Lipinski definition) is 1. The van der Waals surface area contributed by atoms with E-state index in [1.165, 1.54) is 5.69 Å². The topological polar surface area (TPSA) is 36.9 Å². The molecule has 1 N–H and O–H groups in total. The van der Waals surface area contributed by atoms with Crippen LogP contribution in [0.25, 0.3) is 0 Å². The van der Waals surface area contributed by atoms with Crippen LogP contribution in [0.5, 0.6) is 5.75 Å². The van der Waals surface area contributed by atoms with E-state index in [4.69, 9.17) is 4.74 Å². The number of ether oxygens (including phenoxy) is 1. The quantitative estimate of drug-likeness (QED) is 0.654. The van der Waals surface area contributed by atoms with Crippen LogP contribution in [0.3, 0.4) is 0 Å². The Hall–Kier alpha value is -2.49. The number of rotatable bonds is 6. The SMILES string of the molecule is COc1ccccc1CN/N=C\c1ccc(N(C)C)cc1. The van der Waals surface area contributed by atoms with Crippen molar-refractivity contribution in [3.63, 3.8) is 0 Å². The lowest BCUT2D eigenvalue weighted by atomic mass is 10.2. The van der Waals surface area contributed by atoms with E-state index in [0.717, 1.165) is 16.9 Å². The third-order valence-corrected chi connectivity index (χ3v) is 3.18. The van der Waals surface area contributed by atoms with Gasteiger partial charge in [-0.05, 0) is 23.8 Å². The largest absolute Gasteiger partial charge is 0.496 e. The third-order valence-electron chi connectivity index (χ3n) is 3.18. The Bertz CT molecular complexity index is 591. The summed E-state index contributed by atoms with van der Waals surface area (Å²) < 4.78 is 5.30. The van der Waals surface area contributed by atoms with Gasteiger partial charge >= 0.3 is 0 Å². The molecule has 0 fully saturated rings. The van der Waals surface area contributed by atoms with Gasteiger partial charge in [0, 0.05) is 25.3 Å².